The standard InChI is InChI=1S/3C19H21N2O.3Ag.BrH.O/c3*1-16-17(2)21(22-14-19-11-7-4-8-12-19)15-20(16)13-18-9-5-3-6-10-18;;;;;/h3*3-12,15H,13-14H2,1-2H3;;;;1H;/q2*-1;+1;;;+1;;. The number of rotatable bonds is 15. The van der Waals surface area contributed by atoms with Gasteiger partial charge < -0.3 is 36.9 Å². The first kappa shape index (κ1) is 61.1. The monoisotopic (exact) mass is 1300 g/mol. The average molecular weight is 1300 g/mol. The molecular formula is C57H64Ag3BrN6O4. The molecule has 1 atom stereocenters. The van der Waals surface area contributed by atoms with Gasteiger partial charge in [-0.15, -0.1) is 17.9 Å². The summed E-state index contributed by atoms with van der Waals surface area (Å²) in [5.74, 6) is 0. The number of benzene rings is 6. The normalized spacial score (nSPS) is 14.8. The average Bonchev–Trinajstić information content (AvgIpc) is 3.93. The van der Waals surface area contributed by atoms with Gasteiger partial charge in [0.2, 0.25) is 11.4 Å². The van der Waals surface area contributed by atoms with E-state index in [1.54, 1.807) is 21.0 Å². The molecule has 3 heterocycles. The Labute approximate surface area is 476 Å². The fraction of sp³-hybridized carbons (Fsp3) is 0.211. The molecule has 0 saturated heterocycles. The van der Waals surface area contributed by atoms with E-state index in [4.69, 9.17) is 17.8 Å². The fourth-order valence-corrected chi connectivity index (χ4v) is 7.46. The van der Waals surface area contributed by atoms with E-state index in [1.165, 1.54) is 56.2 Å². The second-order valence-electron chi connectivity index (χ2n) is 16.6. The van der Waals surface area contributed by atoms with E-state index in [0.717, 1.165) is 36.1 Å². The van der Waals surface area contributed by atoms with Crippen molar-refractivity contribution in [1.29, 1.82) is 0 Å². The molecule has 3 aliphatic heterocycles. The molecule has 0 bridgehead atoms. The first-order valence-electron chi connectivity index (χ1n) is 22.8. The maximum absolute atomic E-state index is 8.06. The van der Waals surface area contributed by atoms with Gasteiger partial charge in [-0.25, -0.2) is 0 Å². The van der Waals surface area contributed by atoms with Crippen molar-refractivity contribution in [3.05, 3.63) is 263 Å². The molecule has 6 aromatic carbocycles. The van der Waals surface area contributed by atoms with Crippen molar-refractivity contribution in [2.24, 2.45) is 0 Å². The summed E-state index contributed by atoms with van der Waals surface area (Å²) in [4.78, 5) is 22.3. The summed E-state index contributed by atoms with van der Waals surface area (Å²) in [5, 5.41) is 4.70. The van der Waals surface area contributed by atoms with Crippen LogP contribution in [0.4, 0.5) is 0 Å². The van der Waals surface area contributed by atoms with Gasteiger partial charge in [0, 0.05) is 77.7 Å². The molecule has 9 rings (SSSR count). The second-order valence-corrected chi connectivity index (χ2v) is 16.6. The van der Waals surface area contributed by atoms with E-state index in [-0.39, 0.29) is 61.7 Å². The van der Waals surface area contributed by atoms with Crippen LogP contribution in [0.15, 0.2) is 216 Å². The Morgan fingerprint density at radius 3 is 1.13 bits per heavy atom. The predicted octanol–water partition coefficient (Wildman–Crippen LogP) is 8.00. The molecule has 10 nitrogen and oxygen atoms in total. The number of nitrogens with one attached hydrogen (secondary N) is 1. The summed E-state index contributed by atoms with van der Waals surface area (Å²) >= 11 is 1.70. The molecule has 0 aliphatic carbocycles. The zero-order valence-electron chi connectivity index (χ0n) is 40.9. The van der Waals surface area contributed by atoms with Crippen molar-refractivity contribution in [3.63, 3.8) is 0 Å². The Bertz CT molecular complexity index is 2460. The number of hydrogen-bond donors (Lipinski definition) is 1. The van der Waals surface area contributed by atoms with Gasteiger partial charge >= 0.3 is 53.0 Å². The van der Waals surface area contributed by atoms with Gasteiger partial charge in [0.15, 0.2) is 6.54 Å². The maximum atomic E-state index is 8.06. The Kier molecular flexibility index (Phi) is 28.2. The van der Waals surface area contributed by atoms with Crippen LogP contribution in [0.2, 0.25) is 0 Å². The molecule has 0 saturated carbocycles. The van der Waals surface area contributed by atoms with Gasteiger partial charge in [0.25, 0.3) is 0 Å². The molecular weight excluding hydrogens is 1240 g/mol. The summed E-state index contributed by atoms with van der Waals surface area (Å²) in [6.07, 6.45) is 2.11. The Morgan fingerprint density at radius 2 is 0.775 bits per heavy atom. The summed E-state index contributed by atoms with van der Waals surface area (Å²) in [7, 11) is 0. The van der Waals surface area contributed by atoms with E-state index < -0.39 is 0 Å². The molecule has 0 amide bonds. The molecule has 0 aromatic heterocycles. The number of hydroxylamine groups is 6. The number of nitrogens with zero attached hydrogens (tertiary/aromatic N) is 5. The van der Waals surface area contributed by atoms with Crippen LogP contribution in [-0.2, 0) is 123 Å². The SMILES string of the molecule is CC1=C(C)N(OCc2ccccc2)[CH-]N1Cc1ccccc1.CC1=C(C)N(OCc2ccccc2)[CH-]N1Cc1ccccc1.CC1=C(C)[NH+](OCc2ccccc2)C=[N+]1Cc1ccccc1.[Ag+].[Ag].[Br-].[O]=[Ag]. The van der Waals surface area contributed by atoms with E-state index >= 15 is 0 Å². The van der Waals surface area contributed by atoms with Crippen LogP contribution in [-0.4, -0.2) is 30.8 Å². The molecule has 0 spiro atoms. The molecule has 386 valence electrons. The first-order chi connectivity index (χ1) is 33.2. The number of hydrogen-bond acceptors (Lipinski definition) is 8. The van der Waals surface area contributed by atoms with Crippen LogP contribution < -0.4 is 22.0 Å². The zero-order chi connectivity index (χ0) is 48.1. The van der Waals surface area contributed by atoms with Crippen LogP contribution in [0.5, 0.6) is 0 Å². The Hall–Kier alpha value is -4.25. The van der Waals surface area contributed by atoms with Crippen molar-refractivity contribution >= 4 is 6.34 Å². The molecule has 71 heavy (non-hydrogen) atoms. The molecule has 1 radical (unpaired) electrons. The number of allylic oxidation sites excluding steroid dienone is 6. The summed E-state index contributed by atoms with van der Waals surface area (Å²) in [5.41, 5.74) is 14.6. The van der Waals surface area contributed by atoms with Crippen LogP contribution in [0.1, 0.15) is 74.9 Å². The van der Waals surface area contributed by atoms with E-state index in [2.05, 4.69) is 171 Å². The molecule has 14 heteroatoms. The third-order valence-electron chi connectivity index (χ3n) is 11.9. The number of quaternary nitrogens is 1. The summed E-state index contributed by atoms with van der Waals surface area (Å²) in [6.45, 7) is 21.1. The number of halogens is 1. The van der Waals surface area contributed by atoms with E-state index in [1.807, 2.05) is 96.3 Å². The van der Waals surface area contributed by atoms with Crippen LogP contribution in [0.3, 0.4) is 0 Å². The van der Waals surface area contributed by atoms with Crippen LogP contribution in [0, 0.1) is 13.3 Å². The van der Waals surface area contributed by atoms with Crippen LogP contribution in [0.25, 0.3) is 0 Å². The van der Waals surface area contributed by atoms with E-state index in [9.17, 15) is 0 Å². The summed E-state index contributed by atoms with van der Waals surface area (Å²) in [6, 6.07) is 62.2. The minimum absolute atomic E-state index is 0. The molecule has 6 aromatic rings. The van der Waals surface area contributed by atoms with Crippen molar-refractivity contribution in [1.82, 2.24) is 19.9 Å². The Morgan fingerprint density at radius 1 is 0.465 bits per heavy atom. The molecule has 1 unspecified atom stereocenters. The summed E-state index contributed by atoms with van der Waals surface area (Å²) < 4.78 is 10.3. The van der Waals surface area contributed by atoms with Gasteiger partial charge in [-0.05, 0) is 55.5 Å². The molecule has 1 N–H and O–H groups in total. The quantitative estimate of drug-likeness (QED) is 0.0632. The van der Waals surface area contributed by atoms with Crippen molar-refractivity contribution in [3.8, 4) is 0 Å². The van der Waals surface area contributed by atoms with Crippen molar-refractivity contribution < 1.29 is 110 Å². The third-order valence-corrected chi connectivity index (χ3v) is 11.9. The van der Waals surface area contributed by atoms with Gasteiger partial charge in [-0.1, -0.05) is 187 Å². The Balaban J connectivity index is 0.000000271. The van der Waals surface area contributed by atoms with Crippen molar-refractivity contribution in [2.75, 3.05) is 0 Å². The first-order valence-corrected chi connectivity index (χ1v) is 23.4. The third kappa shape index (κ3) is 18.9. The van der Waals surface area contributed by atoms with Crippen molar-refractivity contribution in [2.45, 2.75) is 81.0 Å². The topological polar surface area (TPSA) is 65.2 Å². The van der Waals surface area contributed by atoms with Gasteiger partial charge in [-0.3, -0.25) is 9.68 Å². The van der Waals surface area contributed by atoms with Gasteiger partial charge in [-0.2, -0.15) is 4.84 Å². The van der Waals surface area contributed by atoms with E-state index in [0.29, 0.717) is 19.8 Å². The predicted molar refractivity (Wildman–Crippen MR) is 263 cm³/mol. The van der Waals surface area contributed by atoms with Gasteiger partial charge in [0.05, 0.1) is 13.2 Å². The minimum atomic E-state index is 0. The zero-order valence-corrected chi connectivity index (χ0v) is 47.0. The van der Waals surface area contributed by atoms with Gasteiger partial charge in [0.1, 0.15) is 6.61 Å². The molecule has 0 fully saturated rings. The molecule has 3 aliphatic rings. The second kappa shape index (κ2) is 32.7. The van der Waals surface area contributed by atoms with Crippen LogP contribution >= 0.6 is 0 Å². The fourth-order valence-electron chi connectivity index (χ4n) is 7.46.